The highest BCUT2D eigenvalue weighted by atomic mass is 19.4. The zero-order chi connectivity index (χ0) is 25.9. The first kappa shape index (κ1) is 27.1. The number of carbonyl (C=O) groups is 1. The summed E-state index contributed by atoms with van der Waals surface area (Å²) in [5, 5.41) is 0. The Balaban J connectivity index is 1.44. The van der Waals surface area contributed by atoms with Crippen LogP contribution < -0.4 is 4.74 Å². The second-order valence-corrected chi connectivity index (χ2v) is 11.3. The van der Waals surface area contributed by atoms with Gasteiger partial charge in [-0.1, -0.05) is 58.9 Å². The lowest BCUT2D eigenvalue weighted by Gasteiger charge is -2.34. The molecule has 3 rings (SSSR count). The summed E-state index contributed by atoms with van der Waals surface area (Å²) < 4.78 is 43.9. The van der Waals surface area contributed by atoms with Crippen LogP contribution in [0.2, 0.25) is 0 Å². The Kier molecular flexibility index (Phi) is 8.20. The Bertz CT molecular complexity index is 969. The third-order valence-corrected chi connectivity index (χ3v) is 6.38. The number of rotatable bonds is 7. The second kappa shape index (κ2) is 10.6. The van der Waals surface area contributed by atoms with Crippen LogP contribution in [0.1, 0.15) is 57.7 Å². The molecule has 2 aromatic carbocycles. The van der Waals surface area contributed by atoms with E-state index in [1.165, 1.54) is 17.7 Å². The van der Waals surface area contributed by atoms with Crippen molar-refractivity contribution in [1.29, 1.82) is 0 Å². The number of hydrogen-bond acceptors (Lipinski definition) is 3. The molecule has 0 aliphatic carbocycles. The van der Waals surface area contributed by atoms with Crippen LogP contribution in [0.3, 0.4) is 0 Å². The predicted octanol–water partition coefficient (Wildman–Crippen LogP) is 6.14. The van der Waals surface area contributed by atoms with E-state index in [0.29, 0.717) is 38.5 Å². The van der Waals surface area contributed by atoms with Gasteiger partial charge in [0.1, 0.15) is 5.75 Å². The third-order valence-electron chi connectivity index (χ3n) is 6.38. The van der Waals surface area contributed by atoms with Gasteiger partial charge in [0.2, 0.25) is 0 Å². The van der Waals surface area contributed by atoms with Crippen LogP contribution in [-0.4, -0.2) is 48.5 Å². The molecule has 0 spiro atoms. The molecule has 0 unspecified atom stereocenters. The zero-order valence-corrected chi connectivity index (χ0v) is 21.4. The molecule has 1 heterocycles. The molecule has 0 aromatic heterocycles. The number of benzene rings is 2. The monoisotopic (exact) mass is 490 g/mol. The van der Waals surface area contributed by atoms with Gasteiger partial charge in [0.15, 0.2) is 6.61 Å². The normalized spacial score (nSPS) is 15.8. The molecule has 7 heteroatoms. The van der Waals surface area contributed by atoms with E-state index < -0.39 is 11.7 Å². The van der Waals surface area contributed by atoms with E-state index in [9.17, 15) is 18.0 Å². The molecule has 1 aliphatic rings. The van der Waals surface area contributed by atoms with Crippen molar-refractivity contribution in [2.45, 2.75) is 59.2 Å². The van der Waals surface area contributed by atoms with E-state index >= 15 is 0 Å². The molecule has 0 N–H and O–H groups in total. The maximum atomic E-state index is 12.7. The Morgan fingerprint density at radius 3 is 1.89 bits per heavy atom. The topological polar surface area (TPSA) is 32.8 Å². The van der Waals surface area contributed by atoms with Crippen molar-refractivity contribution in [2.24, 2.45) is 5.41 Å². The van der Waals surface area contributed by atoms with Crippen LogP contribution in [0.5, 0.6) is 5.75 Å². The van der Waals surface area contributed by atoms with E-state index in [2.05, 4.69) is 51.7 Å². The Hall–Kier alpha value is -2.54. The quantitative estimate of drug-likeness (QED) is 0.467. The number of amides is 1. The number of piperazine rings is 1. The van der Waals surface area contributed by atoms with Gasteiger partial charge in [-0.25, -0.2) is 0 Å². The molecule has 35 heavy (non-hydrogen) atoms. The summed E-state index contributed by atoms with van der Waals surface area (Å²) in [6.07, 6.45) is -3.26. The van der Waals surface area contributed by atoms with Crippen LogP contribution in [0.25, 0.3) is 0 Å². The fraction of sp³-hybridized carbons (Fsp3) is 0.536. The van der Waals surface area contributed by atoms with Gasteiger partial charge in [0, 0.05) is 32.7 Å². The van der Waals surface area contributed by atoms with Crippen LogP contribution >= 0.6 is 0 Å². The summed E-state index contributed by atoms with van der Waals surface area (Å²) in [4.78, 5) is 16.6. The van der Waals surface area contributed by atoms with Crippen molar-refractivity contribution in [3.8, 4) is 5.75 Å². The zero-order valence-electron chi connectivity index (χ0n) is 21.4. The first-order chi connectivity index (χ1) is 16.2. The molecule has 192 valence electrons. The lowest BCUT2D eigenvalue weighted by molar-refractivity contribution is -0.137. The van der Waals surface area contributed by atoms with Crippen LogP contribution in [0, 0.1) is 5.41 Å². The van der Waals surface area contributed by atoms with Gasteiger partial charge in [-0.05, 0) is 52.6 Å². The maximum absolute atomic E-state index is 12.7. The molecule has 1 aliphatic heterocycles. The summed E-state index contributed by atoms with van der Waals surface area (Å²) in [5.41, 5.74) is 1.71. The lowest BCUT2D eigenvalue weighted by Crippen LogP contribution is -2.49. The molecule has 1 saturated heterocycles. The highest BCUT2D eigenvalue weighted by molar-refractivity contribution is 5.77. The molecule has 0 atom stereocenters. The van der Waals surface area contributed by atoms with Gasteiger partial charge in [-0.15, -0.1) is 0 Å². The standard InChI is InChI=1S/C28H37F3N2O2/c1-26(2,3)20-27(4,5)22-10-12-24(13-11-22)35-19-25(34)33-16-14-32(15-17-33)18-21-6-8-23(9-7-21)28(29,30)31/h6-13H,14-20H2,1-5H3. The Morgan fingerprint density at radius 2 is 1.37 bits per heavy atom. The van der Waals surface area contributed by atoms with Gasteiger partial charge in [-0.3, -0.25) is 9.69 Å². The molecule has 0 radical (unpaired) electrons. The molecular formula is C28H37F3N2O2. The number of ether oxygens (including phenoxy) is 1. The molecule has 2 aromatic rings. The number of carbonyl (C=O) groups excluding carboxylic acids is 1. The second-order valence-electron chi connectivity index (χ2n) is 11.3. The lowest BCUT2D eigenvalue weighted by atomic mass is 9.72. The Morgan fingerprint density at radius 1 is 0.829 bits per heavy atom. The van der Waals surface area contributed by atoms with Crippen molar-refractivity contribution in [3.05, 3.63) is 65.2 Å². The fourth-order valence-electron chi connectivity index (χ4n) is 4.88. The highest BCUT2D eigenvalue weighted by Crippen LogP contribution is 2.36. The minimum absolute atomic E-state index is 0.0103. The minimum atomic E-state index is -4.32. The van der Waals surface area contributed by atoms with Crippen LogP contribution in [0.15, 0.2) is 48.5 Å². The average Bonchev–Trinajstić information content (AvgIpc) is 2.76. The first-order valence-corrected chi connectivity index (χ1v) is 12.1. The van der Waals surface area contributed by atoms with Gasteiger partial charge >= 0.3 is 6.18 Å². The SMILES string of the molecule is CC(C)(C)CC(C)(C)c1ccc(OCC(=O)N2CCN(Cc3ccc(C(F)(F)F)cc3)CC2)cc1. The van der Waals surface area contributed by atoms with Crippen molar-refractivity contribution >= 4 is 5.91 Å². The van der Waals surface area contributed by atoms with E-state index in [4.69, 9.17) is 4.74 Å². The number of nitrogens with zero attached hydrogens (tertiary/aromatic N) is 2. The fourth-order valence-corrected chi connectivity index (χ4v) is 4.88. The first-order valence-electron chi connectivity index (χ1n) is 12.1. The van der Waals surface area contributed by atoms with E-state index in [-0.39, 0.29) is 23.3 Å². The largest absolute Gasteiger partial charge is 0.484 e. The summed E-state index contributed by atoms with van der Waals surface area (Å²) in [7, 11) is 0. The molecule has 0 bridgehead atoms. The summed E-state index contributed by atoms with van der Waals surface area (Å²) >= 11 is 0. The van der Waals surface area contributed by atoms with Crippen LogP contribution in [-0.2, 0) is 22.9 Å². The Labute approximate surface area is 207 Å². The van der Waals surface area contributed by atoms with Crippen LogP contribution in [0.4, 0.5) is 13.2 Å². The number of halogens is 3. The van der Waals surface area contributed by atoms with Gasteiger partial charge in [-0.2, -0.15) is 13.2 Å². The van der Waals surface area contributed by atoms with E-state index in [1.54, 1.807) is 4.90 Å². The van der Waals surface area contributed by atoms with Crippen molar-refractivity contribution in [2.75, 3.05) is 32.8 Å². The third kappa shape index (κ3) is 7.99. The van der Waals surface area contributed by atoms with E-state index in [0.717, 1.165) is 24.1 Å². The summed E-state index contributed by atoms with van der Waals surface area (Å²) in [5.74, 6) is 0.617. The average molecular weight is 491 g/mol. The van der Waals surface area contributed by atoms with Gasteiger partial charge < -0.3 is 9.64 Å². The van der Waals surface area contributed by atoms with Crippen molar-refractivity contribution < 1.29 is 22.7 Å². The molecule has 0 saturated carbocycles. The van der Waals surface area contributed by atoms with Gasteiger partial charge in [0.05, 0.1) is 5.56 Å². The van der Waals surface area contributed by atoms with Gasteiger partial charge in [0.25, 0.3) is 5.91 Å². The number of alkyl halides is 3. The van der Waals surface area contributed by atoms with Crippen molar-refractivity contribution in [3.63, 3.8) is 0 Å². The smallest absolute Gasteiger partial charge is 0.416 e. The molecule has 1 fully saturated rings. The predicted molar refractivity (Wildman–Crippen MR) is 132 cm³/mol. The number of hydrogen-bond donors (Lipinski definition) is 0. The highest BCUT2D eigenvalue weighted by Gasteiger charge is 2.30. The molecule has 4 nitrogen and oxygen atoms in total. The van der Waals surface area contributed by atoms with Crippen molar-refractivity contribution in [1.82, 2.24) is 9.80 Å². The van der Waals surface area contributed by atoms with E-state index in [1.807, 2.05) is 12.1 Å². The summed E-state index contributed by atoms with van der Waals surface area (Å²) in [6, 6.07) is 13.3. The molecule has 1 amide bonds. The maximum Gasteiger partial charge on any atom is 0.416 e. The summed E-state index contributed by atoms with van der Waals surface area (Å²) in [6.45, 7) is 14.3. The molecular weight excluding hydrogens is 453 g/mol. The minimum Gasteiger partial charge on any atom is -0.484 e.